The van der Waals surface area contributed by atoms with Crippen molar-refractivity contribution in [3.63, 3.8) is 0 Å². The molecule has 2 amide bonds. The summed E-state index contributed by atoms with van der Waals surface area (Å²) in [7, 11) is 0. The van der Waals surface area contributed by atoms with E-state index in [-0.39, 0.29) is 23.9 Å². The lowest BCUT2D eigenvalue weighted by molar-refractivity contribution is -0.00673. The molecule has 2 rings (SSSR count). The minimum Gasteiger partial charge on any atom is -0.477 e. The number of hydrogen-bond donors (Lipinski definition) is 3. The molecule has 0 aromatic carbocycles. The van der Waals surface area contributed by atoms with Gasteiger partial charge in [-0.3, -0.25) is 0 Å². The molecule has 7 heteroatoms. The van der Waals surface area contributed by atoms with E-state index >= 15 is 0 Å². The lowest BCUT2D eigenvalue weighted by Gasteiger charge is -2.35. The minimum absolute atomic E-state index is 0.0606. The Labute approximate surface area is 116 Å². The first-order valence-electron chi connectivity index (χ1n) is 6.47. The molecule has 1 aliphatic carbocycles. The van der Waals surface area contributed by atoms with Gasteiger partial charge in [-0.15, -0.1) is 0 Å². The smallest absolute Gasteiger partial charge is 0.354 e. The van der Waals surface area contributed by atoms with Gasteiger partial charge < -0.3 is 20.5 Å². The van der Waals surface area contributed by atoms with E-state index in [1.54, 1.807) is 0 Å². The Morgan fingerprint density at radius 1 is 1.45 bits per heavy atom. The third kappa shape index (κ3) is 3.67. The molecule has 1 aromatic heterocycles. The van der Waals surface area contributed by atoms with Crippen molar-refractivity contribution in [3.8, 4) is 0 Å². The lowest BCUT2D eigenvalue weighted by atomic mass is 9.89. The average Bonchev–Trinajstić information content (AvgIpc) is 2.37. The number of carbonyl (C=O) groups excluding carboxylic acids is 1. The quantitative estimate of drug-likeness (QED) is 0.757. The number of hydrogen-bond acceptors (Lipinski definition) is 4. The highest BCUT2D eigenvalue weighted by molar-refractivity contribution is 5.90. The average molecular weight is 279 g/mol. The van der Waals surface area contributed by atoms with Crippen molar-refractivity contribution in [1.29, 1.82) is 0 Å². The number of ether oxygens (including phenoxy) is 1. The Kier molecular flexibility index (Phi) is 4.52. The van der Waals surface area contributed by atoms with Gasteiger partial charge in [0, 0.05) is 12.6 Å². The molecule has 1 saturated carbocycles. The van der Waals surface area contributed by atoms with Crippen LogP contribution in [0.25, 0.3) is 0 Å². The normalized spacial score (nSPS) is 20.9. The number of nitrogens with zero attached hydrogens (tertiary/aromatic N) is 1. The van der Waals surface area contributed by atoms with E-state index in [4.69, 9.17) is 9.84 Å². The van der Waals surface area contributed by atoms with E-state index in [1.165, 1.54) is 18.3 Å². The van der Waals surface area contributed by atoms with Gasteiger partial charge in [-0.2, -0.15) is 0 Å². The molecular formula is C13H17N3O4. The Morgan fingerprint density at radius 3 is 2.75 bits per heavy atom. The van der Waals surface area contributed by atoms with Crippen LogP contribution in [0.5, 0.6) is 0 Å². The molecule has 3 N–H and O–H groups in total. The minimum atomic E-state index is -1.10. The van der Waals surface area contributed by atoms with Crippen LogP contribution in [0.15, 0.2) is 18.3 Å². The van der Waals surface area contributed by atoms with Gasteiger partial charge in [-0.1, -0.05) is 0 Å². The highest BCUT2D eigenvalue weighted by Gasteiger charge is 2.30. The monoisotopic (exact) mass is 279 g/mol. The van der Waals surface area contributed by atoms with Gasteiger partial charge in [0.15, 0.2) is 0 Å². The fourth-order valence-corrected chi connectivity index (χ4v) is 2.00. The van der Waals surface area contributed by atoms with E-state index in [0.29, 0.717) is 12.3 Å². The molecule has 1 heterocycles. The van der Waals surface area contributed by atoms with Crippen LogP contribution in [0.4, 0.5) is 10.5 Å². The van der Waals surface area contributed by atoms with Gasteiger partial charge in [0.25, 0.3) is 0 Å². The van der Waals surface area contributed by atoms with E-state index in [9.17, 15) is 9.59 Å². The van der Waals surface area contributed by atoms with Crippen LogP contribution in [0.3, 0.4) is 0 Å². The summed E-state index contributed by atoms with van der Waals surface area (Å²) in [6.07, 6.45) is 3.18. The highest BCUT2D eigenvalue weighted by atomic mass is 16.5. The van der Waals surface area contributed by atoms with Crippen molar-refractivity contribution in [2.24, 2.45) is 0 Å². The maximum atomic E-state index is 11.7. The number of aromatic nitrogens is 1. The number of amides is 2. The zero-order valence-electron chi connectivity index (χ0n) is 11.1. The number of carboxylic acids is 1. The molecule has 0 spiro atoms. The summed E-state index contributed by atoms with van der Waals surface area (Å²) in [5, 5.41) is 14.1. The number of aromatic carboxylic acids is 1. The Bertz CT molecular complexity index is 483. The van der Waals surface area contributed by atoms with Gasteiger partial charge in [-0.05, 0) is 31.9 Å². The number of anilines is 1. The van der Waals surface area contributed by atoms with Gasteiger partial charge in [0.05, 0.1) is 18.0 Å². The first-order chi connectivity index (χ1) is 9.58. The molecule has 7 nitrogen and oxygen atoms in total. The summed E-state index contributed by atoms with van der Waals surface area (Å²) in [6.45, 7) is 2.63. The summed E-state index contributed by atoms with van der Waals surface area (Å²) < 4.78 is 5.41. The van der Waals surface area contributed by atoms with Gasteiger partial charge in [0.2, 0.25) is 0 Å². The second kappa shape index (κ2) is 6.33. The van der Waals surface area contributed by atoms with Crippen LogP contribution in [0.2, 0.25) is 0 Å². The van der Waals surface area contributed by atoms with Gasteiger partial charge >= 0.3 is 12.0 Å². The summed E-state index contributed by atoms with van der Waals surface area (Å²) in [6, 6.07) is 2.64. The molecule has 0 bridgehead atoms. The molecule has 0 unspecified atom stereocenters. The van der Waals surface area contributed by atoms with Crippen LogP contribution in [-0.2, 0) is 4.74 Å². The zero-order valence-corrected chi connectivity index (χ0v) is 11.1. The highest BCUT2D eigenvalue weighted by Crippen LogP contribution is 2.23. The Morgan fingerprint density at radius 2 is 2.20 bits per heavy atom. The van der Waals surface area contributed by atoms with E-state index in [1.807, 2.05) is 6.92 Å². The van der Waals surface area contributed by atoms with Crippen molar-refractivity contribution < 1.29 is 19.4 Å². The molecule has 0 saturated heterocycles. The van der Waals surface area contributed by atoms with Crippen molar-refractivity contribution >= 4 is 17.7 Å². The van der Waals surface area contributed by atoms with Crippen molar-refractivity contribution in [1.82, 2.24) is 10.3 Å². The maximum Gasteiger partial charge on any atom is 0.354 e. The summed E-state index contributed by atoms with van der Waals surface area (Å²) >= 11 is 0. The van der Waals surface area contributed by atoms with Crippen molar-refractivity contribution in [3.05, 3.63) is 24.0 Å². The predicted octanol–water partition coefficient (Wildman–Crippen LogP) is 1.47. The summed E-state index contributed by atoms with van der Waals surface area (Å²) in [5.41, 5.74) is 0.391. The molecule has 0 radical (unpaired) electrons. The fourth-order valence-electron chi connectivity index (χ4n) is 2.00. The molecule has 108 valence electrons. The standard InChI is InChI=1S/C13H17N3O4/c1-2-20-10-5-9(6-10)16-13(19)15-8-3-4-11(12(17)18)14-7-8/h3-4,7,9-10H,2,5-6H2,1H3,(H,17,18)(H2,15,16,19). The topological polar surface area (TPSA) is 101 Å². The van der Waals surface area contributed by atoms with Crippen LogP contribution in [0, 0.1) is 0 Å². The van der Waals surface area contributed by atoms with Crippen LogP contribution in [-0.4, -0.2) is 40.8 Å². The largest absolute Gasteiger partial charge is 0.477 e. The molecule has 0 aliphatic heterocycles. The van der Waals surface area contributed by atoms with E-state index in [2.05, 4.69) is 15.6 Å². The second-order valence-electron chi connectivity index (χ2n) is 4.58. The maximum absolute atomic E-state index is 11.7. The van der Waals surface area contributed by atoms with Crippen molar-refractivity contribution in [2.75, 3.05) is 11.9 Å². The SMILES string of the molecule is CCOC1CC(NC(=O)Nc2ccc(C(=O)O)nc2)C1. The number of carboxylic acid groups (broad SMARTS) is 1. The number of nitrogens with one attached hydrogen (secondary N) is 2. The fraction of sp³-hybridized carbons (Fsp3) is 0.462. The Hall–Kier alpha value is -2.15. The molecule has 20 heavy (non-hydrogen) atoms. The first-order valence-corrected chi connectivity index (χ1v) is 6.47. The van der Waals surface area contributed by atoms with Crippen LogP contribution in [0.1, 0.15) is 30.3 Å². The van der Waals surface area contributed by atoms with E-state index in [0.717, 1.165) is 12.8 Å². The van der Waals surface area contributed by atoms with Crippen LogP contribution < -0.4 is 10.6 Å². The van der Waals surface area contributed by atoms with Gasteiger partial charge in [-0.25, -0.2) is 14.6 Å². The number of carbonyl (C=O) groups is 2. The first kappa shape index (κ1) is 14.3. The molecular weight excluding hydrogens is 262 g/mol. The molecule has 1 aromatic rings. The summed E-state index contributed by atoms with van der Waals surface area (Å²) in [5.74, 6) is -1.10. The number of rotatable bonds is 5. The van der Waals surface area contributed by atoms with E-state index < -0.39 is 5.97 Å². The third-order valence-corrected chi connectivity index (χ3v) is 3.07. The second-order valence-corrected chi connectivity index (χ2v) is 4.58. The van der Waals surface area contributed by atoms with Gasteiger partial charge in [0.1, 0.15) is 5.69 Å². The molecule has 1 fully saturated rings. The number of urea groups is 1. The number of pyridine rings is 1. The Balaban J connectivity index is 1.76. The molecule has 0 atom stereocenters. The van der Waals surface area contributed by atoms with Crippen molar-refractivity contribution in [2.45, 2.75) is 31.9 Å². The van der Waals surface area contributed by atoms with Crippen LogP contribution >= 0.6 is 0 Å². The lowest BCUT2D eigenvalue weighted by Crippen LogP contribution is -2.49. The molecule has 1 aliphatic rings. The summed E-state index contributed by atoms with van der Waals surface area (Å²) in [4.78, 5) is 26.0. The predicted molar refractivity (Wildman–Crippen MR) is 71.8 cm³/mol. The zero-order chi connectivity index (χ0) is 14.5. The third-order valence-electron chi connectivity index (χ3n) is 3.07.